The zero-order valence-corrected chi connectivity index (χ0v) is 17.9. The molecule has 150 valence electrons. The predicted molar refractivity (Wildman–Crippen MR) is 106 cm³/mol. The summed E-state index contributed by atoms with van der Waals surface area (Å²) in [6, 6.07) is 9.52. The molecule has 0 aliphatic rings. The first-order chi connectivity index (χ1) is 12.9. The molecule has 6 nitrogen and oxygen atoms in total. The average molecular weight is 472 g/mol. The van der Waals surface area contributed by atoms with E-state index in [0.717, 1.165) is 0 Å². The van der Waals surface area contributed by atoms with Gasteiger partial charge in [-0.1, -0.05) is 22.0 Å². The Hall–Kier alpha value is -2.26. The van der Waals surface area contributed by atoms with Crippen molar-refractivity contribution in [2.45, 2.75) is 32.1 Å². The lowest BCUT2D eigenvalue weighted by atomic mass is 10.0. The highest BCUT2D eigenvalue weighted by Crippen LogP contribution is 2.23. The van der Waals surface area contributed by atoms with Crippen molar-refractivity contribution < 1.29 is 27.1 Å². The van der Waals surface area contributed by atoms with Gasteiger partial charge in [0.15, 0.2) is 5.78 Å². The molecule has 0 aliphatic heterocycles. The minimum Gasteiger partial charge on any atom is -0.443 e. The third-order valence-electron chi connectivity index (χ3n) is 3.38. The molecule has 0 bridgehead atoms. The summed E-state index contributed by atoms with van der Waals surface area (Å²) in [6.45, 7) is 4.85. The molecular weight excluding hydrogens is 453 g/mol. The Balaban J connectivity index is 2.14. The smallest absolute Gasteiger partial charge is 0.421 e. The van der Waals surface area contributed by atoms with E-state index >= 15 is 0 Å². The number of carbonyl (C=O) groups is 2. The molecule has 0 aromatic heterocycles. The van der Waals surface area contributed by atoms with Gasteiger partial charge < -0.3 is 4.74 Å². The van der Waals surface area contributed by atoms with Crippen LogP contribution in [0.4, 0.5) is 9.18 Å². The molecule has 0 fully saturated rings. The van der Waals surface area contributed by atoms with Crippen LogP contribution >= 0.6 is 15.9 Å². The zero-order valence-electron chi connectivity index (χ0n) is 15.5. The summed E-state index contributed by atoms with van der Waals surface area (Å²) in [5.74, 6) is -1.27. The summed E-state index contributed by atoms with van der Waals surface area (Å²) in [4.78, 5) is 24.2. The second-order valence-electron chi connectivity index (χ2n) is 7.01. The minimum absolute atomic E-state index is 0.299. The Morgan fingerprint density at radius 2 is 1.71 bits per heavy atom. The summed E-state index contributed by atoms with van der Waals surface area (Å²) in [6.07, 6.45) is -1.06. The van der Waals surface area contributed by atoms with Gasteiger partial charge in [0.1, 0.15) is 11.4 Å². The van der Waals surface area contributed by atoms with Gasteiger partial charge in [0.25, 0.3) is 0 Å². The molecule has 0 spiro atoms. The number of ether oxygens (including phenoxy) is 1. The molecular formula is C19H19BrFNO5S. The lowest BCUT2D eigenvalue weighted by Crippen LogP contribution is -2.36. The van der Waals surface area contributed by atoms with Gasteiger partial charge in [-0.25, -0.2) is 22.3 Å². The highest BCUT2D eigenvalue weighted by Gasteiger charge is 2.22. The van der Waals surface area contributed by atoms with Gasteiger partial charge in [-0.3, -0.25) is 4.79 Å². The maximum Gasteiger partial charge on any atom is 0.421 e. The molecule has 0 heterocycles. The molecule has 0 radical (unpaired) electrons. The highest BCUT2D eigenvalue weighted by atomic mass is 79.9. The molecule has 2 aromatic rings. The van der Waals surface area contributed by atoms with Crippen LogP contribution in [0.2, 0.25) is 0 Å². The molecule has 28 heavy (non-hydrogen) atoms. The first-order valence-corrected chi connectivity index (χ1v) is 10.6. The fourth-order valence-corrected chi connectivity index (χ4v) is 3.86. The number of amides is 1. The van der Waals surface area contributed by atoms with Gasteiger partial charge in [0.05, 0.1) is 5.75 Å². The zero-order chi connectivity index (χ0) is 21.1. The van der Waals surface area contributed by atoms with E-state index in [1.165, 1.54) is 42.5 Å². The lowest BCUT2D eigenvalue weighted by Gasteiger charge is -2.19. The van der Waals surface area contributed by atoms with Crippen LogP contribution in [-0.4, -0.2) is 25.9 Å². The third-order valence-corrected chi connectivity index (χ3v) is 5.23. The SMILES string of the molecule is CC(C)(C)OC(=O)NS(=O)(=O)Cc1ccc(C(=O)c2ccc(F)cc2)c(Br)c1. The summed E-state index contributed by atoms with van der Waals surface area (Å²) >= 11 is 3.26. The van der Waals surface area contributed by atoms with Crippen LogP contribution in [0.5, 0.6) is 0 Å². The van der Waals surface area contributed by atoms with Crippen LogP contribution in [0.1, 0.15) is 42.3 Å². The van der Waals surface area contributed by atoms with E-state index in [9.17, 15) is 22.4 Å². The number of sulfonamides is 1. The van der Waals surface area contributed by atoms with Crippen LogP contribution in [0, 0.1) is 5.82 Å². The fraction of sp³-hybridized carbons (Fsp3) is 0.263. The maximum atomic E-state index is 13.0. The normalized spacial score (nSPS) is 11.8. The largest absolute Gasteiger partial charge is 0.443 e. The lowest BCUT2D eigenvalue weighted by molar-refractivity contribution is 0.0570. The number of halogens is 2. The molecule has 0 saturated heterocycles. The summed E-state index contributed by atoms with van der Waals surface area (Å²) in [5, 5.41) is 0. The molecule has 9 heteroatoms. The van der Waals surface area contributed by atoms with E-state index in [4.69, 9.17) is 4.74 Å². The average Bonchev–Trinajstić information content (AvgIpc) is 2.52. The van der Waals surface area contributed by atoms with Crippen LogP contribution in [-0.2, 0) is 20.5 Å². The van der Waals surface area contributed by atoms with Crippen molar-refractivity contribution in [1.29, 1.82) is 0 Å². The standard InChI is InChI=1S/C19H19BrFNO5S/c1-19(2,3)27-18(24)22-28(25,26)11-12-4-9-15(16(20)10-12)17(23)13-5-7-14(21)8-6-13/h4-10H,11H2,1-3H3,(H,22,24). The Morgan fingerprint density at radius 1 is 1.11 bits per heavy atom. The first-order valence-electron chi connectivity index (χ1n) is 8.18. The van der Waals surface area contributed by atoms with Gasteiger partial charge in [0.2, 0.25) is 10.0 Å². The van der Waals surface area contributed by atoms with Crippen molar-refractivity contribution >= 4 is 37.8 Å². The first kappa shape index (κ1) is 22.0. The third kappa shape index (κ3) is 6.42. The monoisotopic (exact) mass is 471 g/mol. The maximum absolute atomic E-state index is 13.0. The van der Waals surface area contributed by atoms with Crippen molar-refractivity contribution in [1.82, 2.24) is 4.72 Å². The number of hydrogen-bond acceptors (Lipinski definition) is 5. The van der Waals surface area contributed by atoms with Crippen LogP contribution in [0.25, 0.3) is 0 Å². The van der Waals surface area contributed by atoms with E-state index < -0.39 is 33.3 Å². The van der Waals surface area contributed by atoms with Crippen molar-refractivity contribution in [3.05, 3.63) is 69.4 Å². The van der Waals surface area contributed by atoms with Crippen LogP contribution < -0.4 is 4.72 Å². The Bertz CT molecular complexity index is 998. The predicted octanol–water partition coefficient (Wildman–Crippen LogP) is 4.17. The quantitative estimate of drug-likeness (QED) is 0.660. The fourth-order valence-electron chi connectivity index (χ4n) is 2.27. The van der Waals surface area contributed by atoms with E-state index in [-0.39, 0.29) is 5.78 Å². The Labute approximate surface area is 171 Å². The van der Waals surface area contributed by atoms with E-state index in [2.05, 4.69) is 15.9 Å². The van der Waals surface area contributed by atoms with Crippen molar-refractivity contribution in [2.75, 3.05) is 0 Å². The molecule has 1 amide bonds. The van der Waals surface area contributed by atoms with Crippen molar-refractivity contribution in [2.24, 2.45) is 0 Å². The molecule has 0 saturated carbocycles. The second-order valence-corrected chi connectivity index (χ2v) is 9.59. The Morgan fingerprint density at radius 3 is 2.25 bits per heavy atom. The number of carbonyl (C=O) groups excluding carboxylic acids is 2. The van der Waals surface area contributed by atoms with E-state index in [0.29, 0.717) is 21.2 Å². The minimum atomic E-state index is -3.99. The van der Waals surface area contributed by atoms with Gasteiger partial charge in [-0.15, -0.1) is 0 Å². The number of nitrogens with one attached hydrogen (secondary N) is 1. The van der Waals surface area contributed by atoms with Crippen LogP contribution in [0.3, 0.4) is 0 Å². The van der Waals surface area contributed by atoms with Crippen LogP contribution in [0.15, 0.2) is 46.9 Å². The van der Waals surface area contributed by atoms with Gasteiger partial charge >= 0.3 is 6.09 Å². The van der Waals surface area contributed by atoms with Crippen molar-refractivity contribution in [3.63, 3.8) is 0 Å². The summed E-state index contributed by atoms with van der Waals surface area (Å²) in [7, 11) is -3.99. The molecule has 0 aliphatic carbocycles. The number of benzene rings is 2. The van der Waals surface area contributed by atoms with E-state index in [1.807, 2.05) is 4.72 Å². The van der Waals surface area contributed by atoms with E-state index in [1.54, 1.807) is 20.8 Å². The van der Waals surface area contributed by atoms with Crippen molar-refractivity contribution in [3.8, 4) is 0 Å². The molecule has 0 unspecified atom stereocenters. The molecule has 2 aromatic carbocycles. The number of ketones is 1. The topological polar surface area (TPSA) is 89.5 Å². The molecule has 0 atom stereocenters. The summed E-state index contributed by atoms with van der Waals surface area (Å²) in [5.41, 5.74) is 0.130. The number of rotatable bonds is 5. The second kappa shape index (κ2) is 8.40. The molecule has 1 N–H and O–H groups in total. The number of hydrogen-bond donors (Lipinski definition) is 1. The Kier molecular flexibility index (Phi) is 6.61. The van der Waals surface area contributed by atoms with Gasteiger partial charge in [0, 0.05) is 15.6 Å². The summed E-state index contributed by atoms with van der Waals surface area (Å²) < 4.78 is 44.5. The van der Waals surface area contributed by atoms with Gasteiger partial charge in [-0.05, 0) is 62.7 Å². The highest BCUT2D eigenvalue weighted by molar-refractivity contribution is 9.10. The van der Waals surface area contributed by atoms with Gasteiger partial charge in [-0.2, -0.15) is 0 Å². The molecule has 2 rings (SSSR count).